The predicted octanol–water partition coefficient (Wildman–Crippen LogP) is 2.96. The lowest BCUT2D eigenvalue weighted by atomic mass is 10.1. The Morgan fingerprint density at radius 1 is 1.35 bits per heavy atom. The number of hydrogen-bond donors (Lipinski definition) is 0. The first-order chi connectivity index (χ1) is 9.46. The SMILES string of the molecule is CCOc1ccc(C)cc1S(=O)(=O)N1CCCCC1C. The first kappa shape index (κ1) is 15.3. The molecule has 112 valence electrons. The van der Waals surface area contributed by atoms with Crippen molar-refractivity contribution in [3.8, 4) is 5.75 Å². The van der Waals surface area contributed by atoms with Crippen LogP contribution >= 0.6 is 0 Å². The number of rotatable bonds is 4. The summed E-state index contributed by atoms with van der Waals surface area (Å²) in [5, 5.41) is 0. The molecule has 1 aromatic rings. The van der Waals surface area contributed by atoms with Crippen molar-refractivity contribution in [2.75, 3.05) is 13.2 Å². The average molecular weight is 297 g/mol. The van der Waals surface area contributed by atoms with Crippen molar-refractivity contribution in [3.05, 3.63) is 23.8 Å². The molecule has 0 aromatic heterocycles. The molecular formula is C15H23NO3S. The summed E-state index contributed by atoms with van der Waals surface area (Å²) in [5.41, 5.74) is 0.927. The van der Waals surface area contributed by atoms with Crippen molar-refractivity contribution in [2.45, 2.75) is 51.0 Å². The molecule has 0 spiro atoms. The zero-order chi connectivity index (χ0) is 14.8. The van der Waals surface area contributed by atoms with Crippen molar-refractivity contribution < 1.29 is 13.2 Å². The van der Waals surface area contributed by atoms with Gasteiger partial charge in [-0.3, -0.25) is 0 Å². The van der Waals surface area contributed by atoms with Gasteiger partial charge in [0.1, 0.15) is 10.6 Å². The van der Waals surface area contributed by atoms with Gasteiger partial charge in [0.15, 0.2) is 0 Å². The van der Waals surface area contributed by atoms with Gasteiger partial charge < -0.3 is 4.74 Å². The van der Waals surface area contributed by atoms with E-state index in [0.717, 1.165) is 24.8 Å². The molecule has 1 aliphatic heterocycles. The lowest BCUT2D eigenvalue weighted by Crippen LogP contribution is -2.42. The Labute approximate surface area is 121 Å². The van der Waals surface area contributed by atoms with Gasteiger partial charge in [-0.25, -0.2) is 8.42 Å². The molecule has 0 radical (unpaired) electrons. The van der Waals surface area contributed by atoms with E-state index < -0.39 is 10.0 Å². The van der Waals surface area contributed by atoms with Crippen molar-refractivity contribution in [3.63, 3.8) is 0 Å². The molecule has 5 heteroatoms. The van der Waals surface area contributed by atoms with E-state index in [-0.39, 0.29) is 6.04 Å². The van der Waals surface area contributed by atoms with Crippen molar-refractivity contribution in [1.82, 2.24) is 4.31 Å². The van der Waals surface area contributed by atoms with Crippen LogP contribution in [0.3, 0.4) is 0 Å². The summed E-state index contributed by atoms with van der Waals surface area (Å²) in [6, 6.07) is 5.40. The molecule has 0 aliphatic carbocycles. The Bertz CT molecular complexity index is 568. The Morgan fingerprint density at radius 3 is 2.75 bits per heavy atom. The highest BCUT2D eigenvalue weighted by Gasteiger charge is 2.33. The fourth-order valence-electron chi connectivity index (χ4n) is 2.65. The largest absolute Gasteiger partial charge is 0.492 e. The monoisotopic (exact) mass is 297 g/mol. The van der Waals surface area contributed by atoms with E-state index in [1.807, 2.05) is 26.8 Å². The maximum absolute atomic E-state index is 12.9. The van der Waals surface area contributed by atoms with Crippen molar-refractivity contribution >= 4 is 10.0 Å². The molecule has 1 atom stereocenters. The molecule has 0 bridgehead atoms. The van der Waals surface area contributed by atoms with E-state index in [4.69, 9.17) is 4.74 Å². The van der Waals surface area contributed by atoms with Crippen molar-refractivity contribution in [1.29, 1.82) is 0 Å². The van der Waals surface area contributed by atoms with E-state index in [9.17, 15) is 8.42 Å². The van der Waals surface area contributed by atoms with Gasteiger partial charge in [-0.15, -0.1) is 0 Å². The molecular weight excluding hydrogens is 274 g/mol. The van der Waals surface area contributed by atoms with E-state index in [2.05, 4.69) is 0 Å². The number of sulfonamides is 1. The topological polar surface area (TPSA) is 46.6 Å². The van der Waals surface area contributed by atoms with Crippen LogP contribution in [0.15, 0.2) is 23.1 Å². The number of piperidine rings is 1. The molecule has 0 saturated carbocycles. The molecule has 2 rings (SSSR count). The molecule has 0 N–H and O–H groups in total. The fraction of sp³-hybridized carbons (Fsp3) is 0.600. The highest BCUT2D eigenvalue weighted by molar-refractivity contribution is 7.89. The van der Waals surface area contributed by atoms with Gasteiger partial charge in [0.05, 0.1) is 6.61 Å². The van der Waals surface area contributed by atoms with Crippen LogP contribution in [0.2, 0.25) is 0 Å². The van der Waals surface area contributed by atoms with E-state index in [0.29, 0.717) is 23.8 Å². The fourth-order valence-corrected chi connectivity index (χ4v) is 4.56. The minimum atomic E-state index is -3.48. The molecule has 1 aliphatic rings. The first-order valence-electron chi connectivity index (χ1n) is 7.22. The summed E-state index contributed by atoms with van der Waals surface area (Å²) >= 11 is 0. The number of aryl methyl sites for hydroxylation is 1. The van der Waals surface area contributed by atoms with Gasteiger partial charge in [0.25, 0.3) is 0 Å². The molecule has 1 saturated heterocycles. The summed E-state index contributed by atoms with van der Waals surface area (Å²) in [5.74, 6) is 0.455. The maximum atomic E-state index is 12.9. The highest BCUT2D eigenvalue weighted by Crippen LogP contribution is 2.31. The summed E-state index contributed by atoms with van der Waals surface area (Å²) in [4.78, 5) is 0.299. The zero-order valence-electron chi connectivity index (χ0n) is 12.4. The normalized spacial score (nSPS) is 20.9. The van der Waals surface area contributed by atoms with E-state index in [1.54, 1.807) is 16.4 Å². The number of ether oxygens (including phenoxy) is 1. The third-order valence-corrected chi connectivity index (χ3v) is 5.76. The number of nitrogens with zero attached hydrogens (tertiary/aromatic N) is 1. The maximum Gasteiger partial charge on any atom is 0.247 e. The van der Waals surface area contributed by atoms with Crippen LogP contribution in [0.25, 0.3) is 0 Å². The lowest BCUT2D eigenvalue weighted by molar-refractivity contribution is 0.266. The van der Waals surface area contributed by atoms with Gasteiger partial charge in [0, 0.05) is 12.6 Å². The average Bonchev–Trinajstić information content (AvgIpc) is 2.41. The summed E-state index contributed by atoms with van der Waals surface area (Å²) < 4.78 is 32.9. The summed E-state index contributed by atoms with van der Waals surface area (Å²) in [6.07, 6.45) is 2.95. The third-order valence-electron chi connectivity index (χ3n) is 3.73. The second kappa shape index (κ2) is 6.14. The Balaban J connectivity index is 2.44. The van der Waals surface area contributed by atoms with Crippen LogP contribution in [0.4, 0.5) is 0 Å². The van der Waals surface area contributed by atoms with Crippen molar-refractivity contribution in [2.24, 2.45) is 0 Å². The molecule has 1 heterocycles. The van der Waals surface area contributed by atoms with Crippen LogP contribution in [0.5, 0.6) is 5.75 Å². The molecule has 4 nitrogen and oxygen atoms in total. The van der Waals surface area contributed by atoms with Gasteiger partial charge >= 0.3 is 0 Å². The van der Waals surface area contributed by atoms with Crippen LogP contribution in [0.1, 0.15) is 38.7 Å². The highest BCUT2D eigenvalue weighted by atomic mass is 32.2. The van der Waals surface area contributed by atoms with Gasteiger partial charge in [-0.05, 0) is 51.3 Å². The minimum absolute atomic E-state index is 0.0590. The van der Waals surface area contributed by atoms with Gasteiger partial charge in [-0.2, -0.15) is 4.31 Å². The Kier molecular flexibility index (Phi) is 4.70. The number of benzene rings is 1. The van der Waals surface area contributed by atoms with Crippen LogP contribution in [-0.4, -0.2) is 31.9 Å². The van der Waals surface area contributed by atoms with Crippen LogP contribution < -0.4 is 4.74 Å². The van der Waals surface area contributed by atoms with E-state index >= 15 is 0 Å². The lowest BCUT2D eigenvalue weighted by Gasteiger charge is -2.32. The predicted molar refractivity (Wildman–Crippen MR) is 79.6 cm³/mol. The molecule has 1 unspecified atom stereocenters. The minimum Gasteiger partial charge on any atom is -0.492 e. The Hall–Kier alpha value is -1.07. The summed E-state index contributed by atoms with van der Waals surface area (Å²) in [7, 11) is -3.48. The second-order valence-corrected chi connectivity index (χ2v) is 7.20. The Morgan fingerprint density at radius 2 is 2.10 bits per heavy atom. The van der Waals surface area contributed by atoms with E-state index in [1.165, 1.54) is 0 Å². The molecule has 1 fully saturated rings. The van der Waals surface area contributed by atoms with Crippen LogP contribution in [0, 0.1) is 6.92 Å². The van der Waals surface area contributed by atoms with Crippen LogP contribution in [-0.2, 0) is 10.0 Å². The molecule has 20 heavy (non-hydrogen) atoms. The van der Waals surface area contributed by atoms with Gasteiger partial charge in [-0.1, -0.05) is 12.5 Å². The molecule has 0 amide bonds. The first-order valence-corrected chi connectivity index (χ1v) is 8.66. The standard InChI is InChI=1S/C15H23NO3S/c1-4-19-14-9-8-12(2)11-15(14)20(17,18)16-10-6-5-7-13(16)3/h8-9,11,13H,4-7,10H2,1-3H3. The zero-order valence-corrected chi connectivity index (χ0v) is 13.2. The smallest absolute Gasteiger partial charge is 0.247 e. The number of hydrogen-bond acceptors (Lipinski definition) is 3. The summed E-state index contributed by atoms with van der Waals surface area (Å²) in [6.45, 7) is 6.80. The van der Waals surface area contributed by atoms with Gasteiger partial charge in [0.2, 0.25) is 10.0 Å². The third kappa shape index (κ3) is 2.99. The second-order valence-electron chi connectivity index (χ2n) is 5.34. The quantitative estimate of drug-likeness (QED) is 0.858. The molecule has 1 aromatic carbocycles.